The smallest absolute Gasteiger partial charge is 0.270 e. The maximum absolute atomic E-state index is 15.1. The molecular formula is C95H79Cl3N6O3S4. The van der Waals surface area contributed by atoms with Crippen LogP contribution < -0.4 is 0 Å². The second-order valence-electron chi connectivity index (χ2n) is 29.9. The summed E-state index contributed by atoms with van der Waals surface area (Å²) in [5, 5.41) is 34.2. The molecule has 0 bridgehead atoms. The van der Waals surface area contributed by atoms with E-state index in [1.165, 1.54) is 54.0 Å². The minimum atomic E-state index is -1.02. The lowest BCUT2D eigenvalue weighted by Crippen LogP contribution is -2.29. The Labute approximate surface area is 679 Å². The van der Waals surface area contributed by atoms with Crippen molar-refractivity contribution in [3.05, 3.63) is 298 Å². The van der Waals surface area contributed by atoms with E-state index in [2.05, 4.69) is 159 Å². The molecule has 0 unspecified atom stereocenters. The molecular weight excluding hydrogens is 1510 g/mol. The van der Waals surface area contributed by atoms with Gasteiger partial charge in [-0.1, -0.05) is 243 Å². The number of ketones is 2. The van der Waals surface area contributed by atoms with Crippen LogP contribution in [-0.2, 0) is 36.5 Å². The average Bonchev–Trinajstić information content (AvgIpc) is 1.49. The molecule has 16 rings (SSSR count). The van der Waals surface area contributed by atoms with Crippen molar-refractivity contribution in [1.29, 1.82) is 10.5 Å². The van der Waals surface area contributed by atoms with E-state index in [4.69, 9.17) is 62.9 Å². The number of allylic oxidation sites excluding steroid dienone is 6. The number of benzene rings is 7. The SMILES string of the molecule is [C-]#[N+]C(C#N)=C1/C(=C/c2cc3c(s2)-c2sc4c(c2C3(c2ccc(CCCCCC)cc2)c2ccc(CCCCCC)cc2)c2nonc2c2sc3c(c24)C(c2ccc(CCCCCC)cc2)(c2ccc(CCCCCC)cc2)c2cc(/C=C4\C(=O)c5cc(Cl)c(Cl)cc5\C4=C(\C#N)[N+]#[C-])sc2-3)C(=O)c2cc(Cl)c(C)cc21. The van der Waals surface area contributed by atoms with E-state index in [1.807, 2.05) is 25.1 Å². The van der Waals surface area contributed by atoms with E-state index in [9.17, 15) is 10.5 Å². The predicted octanol–water partition coefficient (Wildman–Crippen LogP) is 28.1. The minimum Gasteiger partial charge on any atom is -0.289 e. The summed E-state index contributed by atoms with van der Waals surface area (Å²) in [5.41, 5.74) is 15.7. The number of aryl methyl sites for hydroxylation is 5. The van der Waals surface area contributed by atoms with Crippen LogP contribution in [0.15, 0.2) is 161 Å². The Hall–Kier alpha value is -9.61. The number of carbonyl (C=O) groups is 2. The molecule has 5 aromatic heterocycles. The van der Waals surface area contributed by atoms with Crippen LogP contribution in [0.1, 0.15) is 244 Å². The number of carbonyl (C=O) groups excluding carboxylic acids is 2. The molecule has 16 heteroatoms. The van der Waals surface area contributed by atoms with Gasteiger partial charge in [0, 0.05) is 74.8 Å². The van der Waals surface area contributed by atoms with Crippen LogP contribution >= 0.6 is 80.1 Å². The zero-order valence-electron chi connectivity index (χ0n) is 62.7. The number of aromatic nitrogens is 2. The molecule has 4 aliphatic carbocycles. The first kappa shape index (κ1) is 75.4. The van der Waals surface area contributed by atoms with Crippen molar-refractivity contribution in [2.24, 2.45) is 0 Å². The lowest BCUT2D eigenvalue weighted by Gasteiger charge is -2.34. The molecule has 0 atom stereocenters. The fraction of sp³-hybridized carbons (Fsp3) is 0.284. The standard InChI is InChI=1S/C95H79Cl3N6O3S4/c1-8-12-16-20-24-55-28-36-59(37-29-55)94(60-38-30-56(31-39-60)25-21-17-13-9-2)71-47-63(45-69-78(76(52-99)101-6)65-44-54(5)73(96)50-67(65)86(69)105)108-88(71)92-82(94)80-84-85(104-107-103-84)91-81(90(80)110-92)83-93(111-91)89-72(48-64(109-89)46-70-79(77(53-100)102-7)66-49-74(97)75(98)51-68(66)87(70)106)95(83,61-40-32-57(33-41-61)26-22-18-14-10-3)62-42-34-58(35-43-62)27-23-19-15-11-4/h28-51H,8-27H2,1-5H3/b69-45-,70-46-,78-76?,79-77+. The topological polar surface area (TPSA) is 129 Å². The number of nitriles is 2. The van der Waals surface area contributed by atoms with Gasteiger partial charge in [-0.3, -0.25) is 9.59 Å². The van der Waals surface area contributed by atoms with Crippen LogP contribution in [0, 0.1) is 42.7 Å². The van der Waals surface area contributed by atoms with Crippen molar-refractivity contribution in [2.75, 3.05) is 0 Å². The highest BCUT2D eigenvalue weighted by molar-refractivity contribution is 7.30. The van der Waals surface area contributed by atoms with E-state index in [-0.39, 0.29) is 55.3 Å². The highest BCUT2D eigenvalue weighted by Crippen LogP contribution is 2.69. The normalized spacial score (nSPS) is 15.8. The molecule has 0 amide bonds. The molecule has 0 aliphatic heterocycles. The summed E-state index contributed by atoms with van der Waals surface area (Å²) in [4.78, 5) is 43.3. The molecule has 0 fully saturated rings. The summed E-state index contributed by atoms with van der Waals surface area (Å²) in [5.74, 6) is -0.653. The number of fused-ring (bicyclic) bond motifs is 16. The number of Topliss-reactive ketones (excluding diaryl/α,β-unsaturated/α-hetero) is 2. The van der Waals surface area contributed by atoms with Gasteiger partial charge < -0.3 is 0 Å². The zero-order valence-corrected chi connectivity index (χ0v) is 68.2. The second-order valence-corrected chi connectivity index (χ2v) is 35.4. The first-order valence-corrected chi connectivity index (χ1v) is 43.3. The van der Waals surface area contributed by atoms with Crippen molar-refractivity contribution >= 4 is 146 Å². The Morgan fingerprint density at radius 3 is 1.20 bits per heavy atom. The third-order valence-corrected chi connectivity index (χ3v) is 29.2. The van der Waals surface area contributed by atoms with E-state index < -0.39 is 10.8 Å². The number of unbranched alkanes of at least 4 members (excludes halogenated alkanes) is 12. The molecule has 7 aromatic carbocycles. The number of thiophene rings is 4. The summed E-state index contributed by atoms with van der Waals surface area (Å²) < 4.78 is 8.14. The highest BCUT2D eigenvalue weighted by atomic mass is 35.5. The molecule has 0 radical (unpaired) electrons. The number of nitrogens with zero attached hydrogens (tertiary/aromatic N) is 6. The van der Waals surface area contributed by atoms with Crippen LogP contribution in [0.4, 0.5) is 0 Å². The summed E-state index contributed by atoms with van der Waals surface area (Å²) >= 11 is 26.8. The third kappa shape index (κ3) is 12.7. The first-order chi connectivity index (χ1) is 54.2. The molecule has 5 heterocycles. The van der Waals surface area contributed by atoms with Gasteiger partial charge >= 0.3 is 0 Å². The second kappa shape index (κ2) is 31.5. The Morgan fingerprint density at radius 2 is 0.811 bits per heavy atom. The third-order valence-electron chi connectivity index (χ3n) is 23.2. The molecule has 0 spiro atoms. The van der Waals surface area contributed by atoms with Gasteiger partial charge in [0.2, 0.25) is 0 Å². The van der Waals surface area contributed by atoms with E-state index in [1.54, 1.807) is 57.5 Å². The molecule has 552 valence electrons. The van der Waals surface area contributed by atoms with E-state index >= 15 is 9.59 Å². The van der Waals surface area contributed by atoms with Crippen LogP contribution in [-0.4, -0.2) is 21.9 Å². The monoisotopic (exact) mass is 1580 g/mol. The minimum absolute atomic E-state index is 0.165. The Kier molecular flexibility index (Phi) is 21.4. The quantitative estimate of drug-likeness (QED) is 0.0228. The van der Waals surface area contributed by atoms with Crippen LogP contribution in [0.5, 0.6) is 0 Å². The summed E-state index contributed by atoms with van der Waals surface area (Å²) in [6.45, 7) is 27.4. The maximum Gasteiger partial charge on any atom is 0.270 e. The van der Waals surface area contributed by atoms with Crippen LogP contribution in [0.3, 0.4) is 0 Å². The van der Waals surface area contributed by atoms with E-state index in [0.717, 1.165) is 202 Å². The molecule has 0 saturated heterocycles. The Bertz CT molecular complexity index is 5960. The van der Waals surface area contributed by atoms with Gasteiger partial charge in [-0.05, 0) is 183 Å². The Balaban J connectivity index is 1.01. The number of rotatable bonds is 26. The van der Waals surface area contributed by atoms with Gasteiger partial charge in [-0.25, -0.2) is 24.8 Å². The van der Waals surface area contributed by atoms with Gasteiger partial charge in [0.25, 0.3) is 11.4 Å². The number of hydrogen-bond donors (Lipinski definition) is 0. The van der Waals surface area contributed by atoms with Crippen molar-refractivity contribution in [2.45, 2.75) is 174 Å². The zero-order chi connectivity index (χ0) is 77.0. The largest absolute Gasteiger partial charge is 0.289 e. The van der Waals surface area contributed by atoms with Crippen molar-refractivity contribution in [1.82, 2.24) is 10.3 Å². The van der Waals surface area contributed by atoms with Gasteiger partial charge in [0.05, 0.1) is 70.4 Å². The lowest BCUT2D eigenvalue weighted by molar-refractivity contribution is 0.103. The lowest BCUT2D eigenvalue weighted by atomic mass is 9.66. The molecule has 0 N–H and O–H groups in total. The van der Waals surface area contributed by atoms with Gasteiger partial charge in [-0.2, -0.15) is 0 Å². The molecule has 4 aliphatic rings. The van der Waals surface area contributed by atoms with Crippen LogP contribution in [0.2, 0.25) is 15.1 Å². The summed E-state index contributed by atoms with van der Waals surface area (Å²) in [6, 6.07) is 52.6. The summed E-state index contributed by atoms with van der Waals surface area (Å²) in [7, 11) is 0. The maximum atomic E-state index is 15.1. The predicted molar refractivity (Wildman–Crippen MR) is 460 cm³/mol. The van der Waals surface area contributed by atoms with Crippen molar-refractivity contribution < 1.29 is 14.2 Å². The highest BCUT2D eigenvalue weighted by Gasteiger charge is 2.54. The molecule has 111 heavy (non-hydrogen) atoms. The average molecular weight is 1590 g/mol. The fourth-order valence-corrected chi connectivity index (χ4v) is 23.7. The fourth-order valence-electron chi connectivity index (χ4n) is 17.7. The van der Waals surface area contributed by atoms with Gasteiger partial charge in [0.1, 0.15) is 5.52 Å². The van der Waals surface area contributed by atoms with Gasteiger partial charge in [-0.15, -0.1) is 45.3 Å². The van der Waals surface area contributed by atoms with Crippen molar-refractivity contribution in [3.8, 4) is 31.6 Å². The molecule has 0 saturated carbocycles. The number of hydrogen-bond acceptors (Lipinski definition) is 11. The van der Waals surface area contributed by atoms with Gasteiger partial charge in [0.15, 0.2) is 17.1 Å². The Morgan fingerprint density at radius 1 is 0.450 bits per heavy atom. The van der Waals surface area contributed by atoms with Crippen LogP contribution in [0.25, 0.3) is 83.7 Å². The van der Waals surface area contributed by atoms with E-state index in [0.29, 0.717) is 38.3 Å². The summed E-state index contributed by atoms with van der Waals surface area (Å²) in [6.07, 6.45) is 25.7. The first-order valence-electron chi connectivity index (χ1n) is 38.9. The number of halogens is 3. The van der Waals surface area contributed by atoms with Crippen molar-refractivity contribution in [3.63, 3.8) is 0 Å². The molecule has 9 nitrogen and oxygen atoms in total. The molecule has 12 aromatic rings.